The maximum Gasteiger partial charge on any atom is 0.258 e. The third-order valence-electron chi connectivity index (χ3n) is 2.77. The van der Waals surface area contributed by atoms with Crippen molar-refractivity contribution in [1.29, 1.82) is 0 Å². The molecule has 1 aromatic carbocycles. The van der Waals surface area contributed by atoms with Gasteiger partial charge in [0.15, 0.2) is 0 Å². The molecule has 0 amide bonds. The fourth-order valence-electron chi connectivity index (χ4n) is 1.89. The zero-order valence-corrected chi connectivity index (χ0v) is 9.90. The van der Waals surface area contributed by atoms with Crippen LogP contribution in [0.3, 0.4) is 0 Å². The lowest BCUT2D eigenvalue weighted by Gasteiger charge is -2.20. The van der Waals surface area contributed by atoms with Crippen molar-refractivity contribution in [3.8, 4) is 11.5 Å². The highest BCUT2D eigenvalue weighted by molar-refractivity contribution is 5.52. The third kappa shape index (κ3) is 2.61. The second kappa shape index (κ2) is 5.02. The van der Waals surface area contributed by atoms with Crippen molar-refractivity contribution in [3.05, 3.63) is 35.7 Å². The predicted octanol–water partition coefficient (Wildman–Crippen LogP) is 1.68. The average molecular weight is 267 g/mol. The zero-order chi connectivity index (χ0) is 13.2. The monoisotopic (exact) mass is 267 g/mol. The summed E-state index contributed by atoms with van der Waals surface area (Å²) in [7, 11) is 0. The van der Waals surface area contributed by atoms with Gasteiger partial charge in [-0.1, -0.05) is 5.16 Å². The van der Waals surface area contributed by atoms with E-state index in [0.717, 1.165) is 24.7 Å². The van der Waals surface area contributed by atoms with Crippen molar-refractivity contribution in [2.45, 2.75) is 6.10 Å². The van der Waals surface area contributed by atoms with Crippen LogP contribution < -0.4 is 5.32 Å². The molecule has 1 unspecified atom stereocenters. The Morgan fingerprint density at radius 2 is 2.00 bits per heavy atom. The minimum atomic E-state index is -0.690. The van der Waals surface area contributed by atoms with Gasteiger partial charge in [-0.3, -0.25) is 0 Å². The highest BCUT2D eigenvalue weighted by Gasteiger charge is 2.22. The van der Waals surface area contributed by atoms with E-state index in [1.54, 1.807) is 0 Å². The summed E-state index contributed by atoms with van der Waals surface area (Å²) in [6.45, 7) is 1.91. The molecule has 0 aliphatic carbocycles. The molecule has 2 aromatic rings. The Kier molecular flexibility index (Phi) is 3.22. The van der Waals surface area contributed by atoms with Gasteiger partial charge in [-0.25, -0.2) is 8.78 Å². The molecule has 1 fully saturated rings. The Labute approximate surface area is 107 Å². The fraction of sp³-hybridized carbons (Fsp3) is 0.333. The van der Waals surface area contributed by atoms with Crippen LogP contribution in [0.1, 0.15) is 11.9 Å². The topological polar surface area (TPSA) is 60.2 Å². The largest absolute Gasteiger partial charge is 0.367 e. The summed E-state index contributed by atoms with van der Waals surface area (Å²) in [5.41, 5.74) is 0.208. The first-order valence-electron chi connectivity index (χ1n) is 5.85. The van der Waals surface area contributed by atoms with E-state index in [2.05, 4.69) is 15.5 Å². The number of halogens is 2. The molecule has 19 heavy (non-hydrogen) atoms. The minimum Gasteiger partial charge on any atom is -0.367 e. The molecular weight excluding hydrogens is 256 g/mol. The van der Waals surface area contributed by atoms with Crippen molar-refractivity contribution in [2.75, 3.05) is 19.7 Å². The number of ether oxygens (including phenoxy) is 1. The van der Waals surface area contributed by atoms with Gasteiger partial charge in [-0.2, -0.15) is 4.98 Å². The lowest BCUT2D eigenvalue weighted by molar-refractivity contribution is 0.0208. The third-order valence-corrected chi connectivity index (χ3v) is 2.77. The molecule has 0 spiro atoms. The van der Waals surface area contributed by atoms with E-state index in [0.29, 0.717) is 19.0 Å². The molecule has 1 aliphatic heterocycles. The summed E-state index contributed by atoms with van der Waals surface area (Å²) in [6.07, 6.45) is -0.301. The molecule has 100 valence electrons. The van der Waals surface area contributed by atoms with Gasteiger partial charge in [0.2, 0.25) is 5.82 Å². The van der Waals surface area contributed by atoms with Crippen LogP contribution in [0, 0.1) is 11.6 Å². The molecule has 1 atom stereocenters. The molecule has 3 rings (SSSR count). The molecule has 1 N–H and O–H groups in total. The van der Waals surface area contributed by atoms with E-state index >= 15 is 0 Å². The Balaban J connectivity index is 1.87. The Bertz CT molecular complexity index is 562. The molecule has 2 heterocycles. The van der Waals surface area contributed by atoms with E-state index in [4.69, 9.17) is 9.26 Å². The summed E-state index contributed by atoms with van der Waals surface area (Å²) in [5, 5.41) is 6.91. The van der Waals surface area contributed by atoms with Crippen molar-refractivity contribution >= 4 is 0 Å². The second-order valence-corrected chi connectivity index (χ2v) is 4.18. The van der Waals surface area contributed by atoms with Crippen molar-refractivity contribution in [2.24, 2.45) is 0 Å². The zero-order valence-electron chi connectivity index (χ0n) is 9.90. The molecule has 1 saturated heterocycles. The second-order valence-electron chi connectivity index (χ2n) is 4.18. The van der Waals surface area contributed by atoms with Crippen LogP contribution in [0.25, 0.3) is 11.5 Å². The van der Waals surface area contributed by atoms with Crippen LogP contribution >= 0.6 is 0 Å². The fourth-order valence-corrected chi connectivity index (χ4v) is 1.89. The number of morpholine rings is 1. The molecule has 7 heteroatoms. The number of nitrogens with zero attached hydrogens (tertiary/aromatic N) is 2. The van der Waals surface area contributed by atoms with Crippen LogP contribution in [0.4, 0.5) is 8.78 Å². The number of rotatable bonds is 2. The SMILES string of the molecule is Fc1cc(F)cc(-c2nc(C3CNCCO3)no2)c1. The molecular formula is C12H11F2N3O2. The van der Waals surface area contributed by atoms with E-state index < -0.39 is 11.6 Å². The Morgan fingerprint density at radius 3 is 2.68 bits per heavy atom. The first kappa shape index (κ1) is 12.2. The van der Waals surface area contributed by atoms with Gasteiger partial charge in [0, 0.05) is 24.7 Å². The standard InChI is InChI=1S/C12H11F2N3O2/c13-8-3-7(4-9(14)5-8)12-16-11(17-19-12)10-6-15-1-2-18-10/h3-5,10,15H,1-2,6H2. The number of benzene rings is 1. The molecule has 5 nitrogen and oxygen atoms in total. The summed E-state index contributed by atoms with van der Waals surface area (Å²) < 4.78 is 36.7. The summed E-state index contributed by atoms with van der Waals surface area (Å²) >= 11 is 0. The number of nitrogens with one attached hydrogen (secondary N) is 1. The first-order valence-corrected chi connectivity index (χ1v) is 5.85. The highest BCUT2D eigenvalue weighted by Crippen LogP contribution is 2.23. The first-order chi connectivity index (χ1) is 9.22. The minimum absolute atomic E-state index is 0.0718. The number of aromatic nitrogens is 2. The quantitative estimate of drug-likeness (QED) is 0.897. The molecule has 0 radical (unpaired) electrons. The van der Waals surface area contributed by atoms with Crippen molar-refractivity contribution in [3.63, 3.8) is 0 Å². The lowest BCUT2D eigenvalue weighted by Crippen LogP contribution is -2.33. The van der Waals surface area contributed by atoms with Crippen LogP contribution in [0.2, 0.25) is 0 Å². The smallest absolute Gasteiger partial charge is 0.258 e. The molecule has 1 aromatic heterocycles. The lowest BCUT2D eigenvalue weighted by atomic mass is 10.2. The predicted molar refractivity (Wildman–Crippen MR) is 61.2 cm³/mol. The Hall–Kier alpha value is -1.86. The molecule has 0 saturated carbocycles. The van der Waals surface area contributed by atoms with Crippen LogP contribution in [0.15, 0.2) is 22.7 Å². The summed E-state index contributed by atoms with van der Waals surface area (Å²) in [4.78, 5) is 4.11. The van der Waals surface area contributed by atoms with Crippen molar-refractivity contribution in [1.82, 2.24) is 15.5 Å². The van der Waals surface area contributed by atoms with Gasteiger partial charge >= 0.3 is 0 Å². The van der Waals surface area contributed by atoms with Gasteiger partial charge in [0.1, 0.15) is 17.7 Å². The van der Waals surface area contributed by atoms with E-state index in [1.165, 1.54) is 0 Å². The van der Waals surface area contributed by atoms with Gasteiger partial charge in [0.05, 0.1) is 6.61 Å². The molecule has 1 aliphatic rings. The Morgan fingerprint density at radius 1 is 1.21 bits per heavy atom. The van der Waals surface area contributed by atoms with Crippen LogP contribution in [-0.4, -0.2) is 29.8 Å². The number of hydrogen-bond donors (Lipinski definition) is 1. The maximum atomic E-state index is 13.1. The molecule has 0 bridgehead atoms. The maximum absolute atomic E-state index is 13.1. The average Bonchev–Trinajstić information content (AvgIpc) is 2.88. The van der Waals surface area contributed by atoms with Crippen molar-refractivity contribution < 1.29 is 18.0 Å². The van der Waals surface area contributed by atoms with E-state index in [-0.39, 0.29) is 17.6 Å². The van der Waals surface area contributed by atoms with E-state index in [9.17, 15) is 8.78 Å². The highest BCUT2D eigenvalue weighted by atomic mass is 19.1. The van der Waals surface area contributed by atoms with Gasteiger partial charge in [0.25, 0.3) is 5.89 Å². The summed E-state index contributed by atoms with van der Waals surface area (Å²) in [5.74, 6) is -0.940. The van der Waals surface area contributed by atoms with Gasteiger partial charge < -0.3 is 14.6 Å². The summed E-state index contributed by atoms with van der Waals surface area (Å²) in [6, 6.07) is 3.07. The van der Waals surface area contributed by atoms with E-state index in [1.807, 2.05) is 0 Å². The normalized spacial score (nSPS) is 19.6. The van der Waals surface area contributed by atoms with Crippen LogP contribution in [-0.2, 0) is 4.74 Å². The number of hydrogen-bond acceptors (Lipinski definition) is 5. The van der Waals surface area contributed by atoms with Crippen LogP contribution in [0.5, 0.6) is 0 Å². The van der Waals surface area contributed by atoms with Gasteiger partial charge in [-0.05, 0) is 12.1 Å². The van der Waals surface area contributed by atoms with Gasteiger partial charge in [-0.15, -0.1) is 0 Å².